The quantitative estimate of drug-likeness (QED) is 0.362. The minimum atomic E-state index is 0.674. The summed E-state index contributed by atoms with van der Waals surface area (Å²) in [6.07, 6.45) is 14.3. The van der Waals surface area contributed by atoms with Gasteiger partial charge in [-0.3, -0.25) is 9.89 Å². The summed E-state index contributed by atoms with van der Waals surface area (Å²) >= 11 is 1.79. The molecule has 2 unspecified atom stereocenters. The van der Waals surface area contributed by atoms with E-state index in [-0.39, 0.29) is 0 Å². The summed E-state index contributed by atoms with van der Waals surface area (Å²) in [5.74, 6) is 2.44. The summed E-state index contributed by atoms with van der Waals surface area (Å²) < 4.78 is 0. The van der Waals surface area contributed by atoms with Crippen LogP contribution in [-0.2, 0) is 0 Å². The number of aliphatic imine (C=N–C) groups is 1. The highest BCUT2D eigenvalue weighted by Crippen LogP contribution is 2.29. The molecule has 6 heteroatoms. The number of para-hydroxylation sites is 1. The Morgan fingerprint density at radius 3 is 2.50 bits per heavy atom. The van der Waals surface area contributed by atoms with Crippen LogP contribution in [0.4, 0.5) is 5.69 Å². The lowest BCUT2D eigenvalue weighted by molar-refractivity contribution is 0.107. The third-order valence-corrected chi connectivity index (χ3v) is 8.58. The van der Waals surface area contributed by atoms with Crippen LogP contribution >= 0.6 is 11.8 Å². The van der Waals surface area contributed by atoms with Gasteiger partial charge in [0.2, 0.25) is 0 Å². The van der Waals surface area contributed by atoms with E-state index >= 15 is 0 Å². The molecule has 3 fully saturated rings. The van der Waals surface area contributed by atoms with E-state index in [4.69, 9.17) is 10.7 Å². The largest absolute Gasteiger partial charge is 0.340 e. The second-order valence-corrected chi connectivity index (χ2v) is 10.8. The maximum atomic E-state index is 5.98. The second kappa shape index (κ2) is 12.3. The van der Waals surface area contributed by atoms with Crippen molar-refractivity contribution in [2.45, 2.75) is 68.7 Å². The van der Waals surface area contributed by atoms with Gasteiger partial charge in [0.15, 0.2) is 5.96 Å². The van der Waals surface area contributed by atoms with Crippen molar-refractivity contribution in [3.8, 4) is 0 Å². The zero-order valence-electron chi connectivity index (χ0n) is 20.0. The maximum absolute atomic E-state index is 5.98. The van der Waals surface area contributed by atoms with Crippen LogP contribution in [0.3, 0.4) is 0 Å². The Labute approximate surface area is 199 Å². The molecule has 0 spiro atoms. The standard InChI is InChI=1S/C26H43N5S/c1-32-25-13-6-5-12-24(25)29-26(28-20-22-9-7-8-21(18-22)19-27)31-16-14-30(15-17-31)23-10-3-2-4-11-23/h5-6,12-13,21-23H,2-4,7-11,14-20,27H2,1H3,(H,28,29). The fourth-order valence-electron chi connectivity index (χ4n) is 5.83. The molecular formula is C26H43N5S. The van der Waals surface area contributed by atoms with Gasteiger partial charge in [0.05, 0.1) is 5.69 Å². The first kappa shape index (κ1) is 23.9. The molecule has 3 aliphatic rings. The van der Waals surface area contributed by atoms with Crippen molar-refractivity contribution in [1.82, 2.24) is 9.80 Å². The molecule has 1 heterocycles. The number of hydrogen-bond acceptors (Lipinski definition) is 4. The average Bonchev–Trinajstić information content (AvgIpc) is 2.87. The normalized spacial score (nSPS) is 26.3. The zero-order chi connectivity index (χ0) is 22.2. The molecule has 1 saturated heterocycles. The number of nitrogens with one attached hydrogen (secondary N) is 1. The van der Waals surface area contributed by atoms with Gasteiger partial charge < -0.3 is 16.0 Å². The molecule has 1 aliphatic heterocycles. The summed E-state index contributed by atoms with van der Waals surface area (Å²) in [4.78, 5) is 11.7. The molecule has 2 saturated carbocycles. The van der Waals surface area contributed by atoms with Gasteiger partial charge in [-0.2, -0.15) is 0 Å². The number of guanidine groups is 1. The Morgan fingerprint density at radius 1 is 1.00 bits per heavy atom. The monoisotopic (exact) mass is 457 g/mol. The van der Waals surface area contributed by atoms with E-state index in [1.165, 1.54) is 68.4 Å². The molecule has 0 amide bonds. The minimum Gasteiger partial charge on any atom is -0.340 e. The predicted molar refractivity (Wildman–Crippen MR) is 139 cm³/mol. The number of nitrogens with zero attached hydrogens (tertiary/aromatic N) is 3. The zero-order valence-corrected chi connectivity index (χ0v) is 20.8. The van der Waals surface area contributed by atoms with Crippen LogP contribution in [0.5, 0.6) is 0 Å². The van der Waals surface area contributed by atoms with E-state index in [1.54, 1.807) is 11.8 Å². The maximum Gasteiger partial charge on any atom is 0.198 e. The molecule has 2 aliphatic carbocycles. The predicted octanol–water partition coefficient (Wildman–Crippen LogP) is 4.89. The van der Waals surface area contributed by atoms with Gasteiger partial charge in [-0.15, -0.1) is 11.8 Å². The van der Waals surface area contributed by atoms with Crippen LogP contribution in [0.1, 0.15) is 57.8 Å². The molecule has 178 valence electrons. The van der Waals surface area contributed by atoms with Crippen molar-refractivity contribution in [1.29, 1.82) is 0 Å². The van der Waals surface area contributed by atoms with Crippen molar-refractivity contribution in [2.75, 3.05) is 50.8 Å². The van der Waals surface area contributed by atoms with Gasteiger partial charge in [-0.05, 0) is 68.9 Å². The van der Waals surface area contributed by atoms with E-state index < -0.39 is 0 Å². The molecule has 0 aromatic heterocycles. The number of thioether (sulfide) groups is 1. The van der Waals surface area contributed by atoms with E-state index in [2.05, 4.69) is 45.6 Å². The summed E-state index contributed by atoms with van der Waals surface area (Å²) in [7, 11) is 0. The lowest BCUT2D eigenvalue weighted by Gasteiger charge is -2.41. The summed E-state index contributed by atoms with van der Waals surface area (Å²) in [5.41, 5.74) is 7.16. The molecule has 5 nitrogen and oxygen atoms in total. The van der Waals surface area contributed by atoms with Crippen LogP contribution in [0, 0.1) is 11.8 Å². The number of nitrogens with two attached hydrogens (primary N) is 1. The van der Waals surface area contributed by atoms with Gasteiger partial charge in [-0.25, -0.2) is 0 Å². The Kier molecular flexibility index (Phi) is 9.18. The minimum absolute atomic E-state index is 0.674. The molecule has 1 aromatic carbocycles. The molecule has 0 bridgehead atoms. The Bertz CT molecular complexity index is 725. The highest BCUT2D eigenvalue weighted by atomic mass is 32.2. The number of piperazine rings is 1. The summed E-state index contributed by atoms with van der Waals surface area (Å²) in [6, 6.07) is 9.43. The number of benzene rings is 1. The molecule has 1 aromatic rings. The van der Waals surface area contributed by atoms with E-state index in [0.29, 0.717) is 11.8 Å². The Balaban J connectivity index is 1.43. The van der Waals surface area contributed by atoms with Crippen LogP contribution < -0.4 is 11.1 Å². The molecule has 2 atom stereocenters. The summed E-state index contributed by atoms with van der Waals surface area (Å²) in [5, 5.41) is 3.74. The second-order valence-electron chi connectivity index (χ2n) is 9.94. The van der Waals surface area contributed by atoms with Crippen molar-refractivity contribution >= 4 is 23.4 Å². The number of rotatable bonds is 6. The number of anilines is 1. The van der Waals surface area contributed by atoms with Crippen LogP contribution in [0.15, 0.2) is 34.2 Å². The third kappa shape index (κ3) is 6.42. The highest BCUT2D eigenvalue weighted by molar-refractivity contribution is 7.98. The first-order valence-electron chi connectivity index (χ1n) is 12.9. The molecule has 0 radical (unpaired) electrons. The fourth-order valence-corrected chi connectivity index (χ4v) is 6.38. The smallest absolute Gasteiger partial charge is 0.198 e. The van der Waals surface area contributed by atoms with E-state index in [1.807, 2.05) is 0 Å². The van der Waals surface area contributed by atoms with E-state index in [9.17, 15) is 0 Å². The van der Waals surface area contributed by atoms with Gasteiger partial charge in [0.25, 0.3) is 0 Å². The van der Waals surface area contributed by atoms with Crippen molar-refractivity contribution in [3.05, 3.63) is 24.3 Å². The fraction of sp³-hybridized carbons (Fsp3) is 0.731. The van der Waals surface area contributed by atoms with Crippen molar-refractivity contribution in [2.24, 2.45) is 22.6 Å². The average molecular weight is 458 g/mol. The lowest BCUT2D eigenvalue weighted by Crippen LogP contribution is -2.53. The molecule has 3 N–H and O–H groups in total. The van der Waals surface area contributed by atoms with Crippen LogP contribution in [0.2, 0.25) is 0 Å². The van der Waals surface area contributed by atoms with Gasteiger partial charge in [-0.1, -0.05) is 37.8 Å². The van der Waals surface area contributed by atoms with Crippen LogP contribution in [-0.4, -0.2) is 67.3 Å². The Hall–Kier alpha value is -1.24. The SMILES string of the molecule is CSc1ccccc1NC(=NCC1CCCC(CN)C1)N1CCN(C2CCCCC2)CC1. The van der Waals surface area contributed by atoms with Gasteiger partial charge >= 0.3 is 0 Å². The molecule has 4 rings (SSSR count). The van der Waals surface area contributed by atoms with Crippen molar-refractivity contribution in [3.63, 3.8) is 0 Å². The first-order valence-corrected chi connectivity index (χ1v) is 14.1. The number of hydrogen-bond donors (Lipinski definition) is 2. The first-order chi connectivity index (χ1) is 15.8. The highest BCUT2D eigenvalue weighted by Gasteiger charge is 2.27. The van der Waals surface area contributed by atoms with E-state index in [0.717, 1.165) is 51.3 Å². The molecule has 32 heavy (non-hydrogen) atoms. The van der Waals surface area contributed by atoms with Gasteiger partial charge in [0, 0.05) is 43.7 Å². The third-order valence-electron chi connectivity index (χ3n) is 7.78. The lowest BCUT2D eigenvalue weighted by atomic mass is 9.81. The van der Waals surface area contributed by atoms with Gasteiger partial charge in [0.1, 0.15) is 0 Å². The molecular weight excluding hydrogens is 414 g/mol. The van der Waals surface area contributed by atoms with Crippen LogP contribution in [0.25, 0.3) is 0 Å². The topological polar surface area (TPSA) is 56.9 Å². The van der Waals surface area contributed by atoms with Crippen molar-refractivity contribution < 1.29 is 0 Å². The summed E-state index contributed by atoms with van der Waals surface area (Å²) in [6.45, 7) is 6.21. The Morgan fingerprint density at radius 2 is 1.75 bits per heavy atom.